The summed E-state index contributed by atoms with van der Waals surface area (Å²) in [6.07, 6.45) is 2.50. The maximum absolute atomic E-state index is 5.34. The van der Waals surface area contributed by atoms with Gasteiger partial charge in [0.05, 0.1) is 12.3 Å². The van der Waals surface area contributed by atoms with Crippen LogP contribution in [0.5, 0.6) is 0 Å². The maximum Gasteiger partial charge on any atom is 0.191 e. The molecule has 0 radical (unpaired) electrons. The van der Waals surface area contributed by atoms with Crippen molar-refractivity contribution in [3.8, 4) is 0 Å². The second-order valence-electron chi connectivity index (χ2n) is 5.64. The van der Waals surface area contributed by atoms with Crippen molar-refractivity contribution in [2.75, 3.05) is 6.54 Å². The van der Waals surface area contributed by atoms with E-state index in [9.17, 15) is 0 Å². The Morgan fingerprint density at radius 3 is 2.45 bits per heavy atom. The largest absolute Gasteiger partial charge is 0.469 e. The third kappa shape index (κ3) is 5.28. The number of aliphatic imine (C=N–C) groups is 1. The second-order valence-corrected chi connectivity index (χ2v) is 5.64. The first kappa shape index (κ1) is 16.1. The molecule has 2 rings (SSSR count). The molecule has 4 heteroatoms. The molecule has 1 heterocycles. The van der Waals surface area contributed by atoms with Gasteiger partial charge in [0.25, 0.3) is 0 Å². The highest BCUT2D eigenvalue weighted by atomic mass is 16.3. The van der Waals surface area contributed by atoms with Crippen LogP contribution in [0.1, 0.15) is 38.1 Å². The Morgan fingerprint density at radius 2 is 1.82 bits per heavy atom. The third-order valence-electron chi connectivity index (χ3n) is 3.29. The van der Waals surface area contributed by atoms with Crippen LogP contribution in [-0.4, -0.2) is 18.5 Å². The fraction of sp³-hybridized carbons (Fsp3) is 0.389. The summed E-state index contributed by atoms with van der Waals surface area (Å²) in [7, 11) is 0. The van der Waals surface area contributed by atoms with Gasteiger partial charge in [-0.1, -0.05) is 30.3 Å². The predicted molar refractivity (Wildman–Crippen MR) is 91.0 cm³/mol. The monoisotopic (exact) mass is 299 g/mol. The molecule has 0 bridgehead atoms. The molecule has 22 heavy (non-hydrogen) atoms. The molecular weight excluding hydrogens is 274 g/mol. The highest BCUT2D eigenvalue weighted by Crippen LogP contribution is 2.10. The lowest BCUT2D eigenvalue weighted by molar-refractivity contribution is 0.510. The maximum atomic E-state index is 5.34. The van der Waals surface area contributed by atoms with E-state index in [4.69, 9.17) is 4.42 Å². The third-order valence-corrected chi connectivity index (χ3v) is 3.29. The number of hydrogen-bond donors (Lipinski definition) is 2. The predicted octanol–water partition coefficient (Wildman–Crippen LogP) is 3.53. The van der Waals surface area contributed by atoms with Gasteiger partial charge in [0, 0.05) is 19.0 Å². The molecule has 1 aromatic heterocycles. The Labute approximate surface area is 132 Å². The van der Waals surface area contributed by atoms with Crippen LogP contribution in [0.25, 0.3) is 0 Å². The van der Waals surface area contributed by atoms with Crippen molar-refractivity contribution >= 4 is 5.96 Å². The first-order chi connectivity index (χ1) is 10.6. The van der Waals surface area contributed by atoms with Crippen molar-refractivity contribution in [2.45, 2.75) is 39.3 Å². The first-order valence-corrected chi connectivity index (χ1v) is 7.80. The van der Waals surface area contributed by atoms with Crippen molar-refractivity contribution < 1.29 is 4.42 Å². The number of rotatable bonds is 6. The molecule has 0 amide bonds. The molecule has 0 saturated carbocycles. The Morgan fingerprint density at radius 1 is 1.05 bits per heavy atom. The smallest absolute Gasteiger partial charge is 0.191 e. The summed E-state index contributed by atoms with van der Waals surface area (Å²) in [6.45, 7) is 7.05. The fourth-order valence-corrected chi connectivity index (χ4v) is 2.17. The number of nitrogens with one attached hydrogen (secondary N) is 2. The van der Waals surface area contributed by atoms with Gasteiger partial charge in [-0.25, -0.2) is 0 Å². The highest BCUT2D eigenvalue weighted by Gasteiger charge is 2.08. The number of furan rings is 1. The van der Waals surface area contributed by atoms with Gasteiger partial charge < -0.3 is 15.1 Å². The summed E-state index contributed by atoms with van der Waals surface area (Å²) >= 11 is 0. The van der Waals surface area contributed by atoms with Gasteiger partial charge in [-0.3, -0.25) is 4.99 Å². The van der Waals surface area contributed by atoms with Crippen LogP contribution >= 0.6 is 0 Å². The lowest BCUT2D eigenvalue weighted by Gasteiger charge is -2.20. The summed E-state index contributed by atoms with van der Waals surface area (Å²) in [4.78, 5) is 4.64. The second kappa shape index (κ2) is 8.27. The van der Waals surface area contributed by atoms with Crippen LogP contribution < -0.4 is 10.6 Å². The zero-order valence-electron chi connectivity index (χ0n) is 13.5. The molecule has 1 atom stereocenters. The zero-order chi connectivity index (χ0) is 15.8. The molecule has 1 unspecified atom stereocenters. The number of guanidine groups is 1. The summed E-state index contributed by atoms with van der Waals surface area (Å²) in [6, 6.07) is 14.8. The minimum absolute atomic E-state index is 0.204. The quantitative estimate of drug-likeness (QED) is 0.634. The Bertz CT molecular complexity index is 561. The normalized spacial score (nSPS) is 13.2. The van der Waals surface area contributed by atoms with E-state index < -0.39 is 0 Å². The number of benzene rings is 1. The van der Waals surface area contributed by atoms with Crippen LogP contribution in [-0.2, 0) is 6.42 Å². The summed E-state index contributed by atoms with van der Waals surface area (Å²) in [5.41, 5.74) is 1.24. The molecule has 2 N–H and O–H groups in total. The first-order valence-electron chi connectivity index (χ1n) is 7.80. The molecule has 2 aromatic rings. The topological polar surface area (TPSA) is 49.6 Å². The lowest BCUT2D eigenvalue weighted by atomic mass is 10.1. The Balaban J connectivity index is 1.96. The van der Waals surface area contributed by atoms with E-state index in [-0.39, 0.29) is 6.04 Å². The van der Waals surface area contributed by atoms with Crippen molar-refractivity contribution in [1.82, 2.24) is 10.6 Å². The van der Waals surface area contributed by atoms with Crippen molar-refractivity contribution in [3.63, 3.8) is 0 Å². The fourth-order valence-electron chi connectivity index (χ4n) is 2.17. The van der Waals surface area contributed by atoms with Gasteiger partial charge in [0.15, 0.2) is 5.96 Å². The summed E-state index contributed by atoms with van der Waals surface area (Å²) in [5.74, 6) is 1.79. The Hall–Kier alpha value is -2.23. The Kier molecular flexibility index (Phi) is 6.07. The van der Waals surface area contributed by atoms with Gasteiger partial charge in [-0.05, 0) is 38.5 Å². The van der Waals surface area contributed by atoms with E-state index in [1.807, 2.05) is 18.2 Å². The average molecular weight is 299 g/mol. The van der Waals surface area contributed by atoms with Gasteiger partial charge >= 0.3 is 0 Å². The molecule has 0 fully saturated rings. The average Bonchev–Trinajstić information content (AvgIpc) is 3.00. The van der Waals surface area contributed by atoms with Crippen LogP contribution in [0.3, 0.4) is 0 Å². The molecule has 118 valence electrons. The SMILES string of the molecule is CC(C)NC(=NCCc1ccco1)NC(C)c1ccccc1. The zero-order valence-corrected chi connectivity index (χ0v) is 13.5. The number of nitrogens with zero attached hydrogens (tertiary/aromatic N) is 1. The van der Waals surface area contributed by atoms with E-state index in [1.165, 1.54) is 5.56 Å². The summed E-state index contributed by atoms with van der Waals surface area (Å²) < 4.78 is 5.34. The van der Waals surface area contributed by atoms with E-state index in [0.29, 0.717) is 12.6 Å². The van der Waals surface area contributed by atoms with Crippen LogP contribution in [0.2, 0.25) is 0 Å². The lowest BCUT2D eigenvalue weighted by Crippen LogP contribution is -2.42. The molecule has 0 aliphatic rings. The van der Waals surface area contributed by atoms with E-state index in [0.717, 1.165) is 18.1 Å². The minimum Gasteiger partial charge on any atom is -0.469 e. The minimum atomic E-state index is 0.204. The van der Waals surface area contributed by atoms with Crippen molar-refractivity contribution in [2.24, 2.45) is 4.99 Å². The standard InChI is InChI=1S/C18H25N3O/c1-14(2)20-18(19-12-11-17-10-7-13-22-17)21-15(3)16-8-5-4-6-9-16/h4-10,13-15H,11-12H2,1-3H3,(H2,19,20,21). The number of hydrogen-bond acceptors (Lipinski definition) is 2. The summed E-state index contributed by atoms with van der Waals surface area (Å²) in [5, 5.41) is 6.82. The van der Waals surface area contributed by atoms with Crippen LogP contribution in [0, 0.1) is 0 Å². The molecule has 0 saturated heterocycles. The van der Waals surface area contributed by atoms with Gasteiger partial charge in [0.2, 0.25) is 0 Å². The van der Waals surface area contributed by atoms with Gasteiger partial charge in [-0.2, -0.15) is 0 Å². The molecular formula is C18H25N3O. The van der Waals surface area contributed by atoms with Gasteiger partial charge in [-0.15, -0.1) is 0 Å². The van der Waals surface area contributed by atoms with Crippen LogP contribution in [0.4, 0.5) is 0 Å². The van der Waals surface area contributed by atoms with Crippen molar-refractivity contribution in [1.29, 1.82) is 0 Å². The van der Waals surface area contributed by atoms with Crippen molar-refractivity contribution in [3.05, 3.63) is 60.1 Å². The van der Waals surface area contributed by atoms with E-state index in [1.54, 1.807) is 6.26 Å². The molecule has 0 spiro atoms. The molecule has 4 nitrogen and oxygen atoms in total. The van der Waals surface area contributed by atoms with E-state index >= 15 is 0 Å². The van der Waals surface area contributed by atoms with Crippen LogP contribution in [0.15, 0.2) is 58.1 Å². The highest BCUT2D eigenvalue weighted by molar-refractivity contribution is 5.80. The van der Waals surface area contributed by atoms with Gasteiger partial charge in [0.1, 0.15) is 5.76 Å². The molecule has 1 aromatic carbocycles. The molecule has 0 aliphatic carbocycles. The molecule has 0 aliphatic heterocycles. The van der Waals surface area contributed by atoms with E-state index in [2.05, 4.69) is 60.7 Å².